The molecule has 0 radical (unpaired) electrons. The molecule has 0 atom stereocenters. The van der Waals surface area contributed by atoms with Crippen LogP contribution in [0.15, 0.2) is 9.98 Å². The van der Waals surface area contributed by atoms with Gasteiger partial charge in [-0.05, 0) is 12.8 Å². The molecule has 0 bridgehead atoms. The van der Waals surface area contributed by atoms with Crippen molar-refractivity contribution in [1.82, 2.24) is 0 Å². The van der Waals surface area contributed by atoms with E-state index in [2.05, 4.69) is 9.98 Å². The molecule has 0 aliphatic carbocycles. The van der Waals surface area contributed by atoms with Crippen LogP contribution < -0.4 is 0 Å². The van der Waals surface area contributed by atoms with Gasteiger partial charge in [-0.15, -0.1) is 0 Å². The Morgan fingerprint density at radius 2 is 1.00 bits per heavy atom. The summed E-state index contributed by atoms with van der Waals surface area (Å²) in [4.78, 5) is 42.4. The van der Waals surface area contributed by atoms with E-state index in [0.717, 1.165) is 25.0 Å². The fourth-order valence-electron chi connectivity index (χ4n) is 0.473. The Labute approximate surface area is 91.1 Å². The largest absolute Gasteiger partial charge is 0.234 e. The van der Waals surface area contributed by atoms with Crippen LogP contribution in [0.5, 0.6) is 0 Å². The average molecular weight is 226 g/mol. The van der Waals surface area contributed by atoms with Crippen LogP contribution in [0.2, 0.25) is 0 Å². The van der Waals surface area contributed by atoms with Gasteiger partial charge in [-0.3, -0.25) is 0 Å². The molecule has 0 heterocycles. The van der Waals surface area contributed by atoms with Crippen molar-refractivity contribution in [2.24, 2.45) is 9.98 Å². The third kappa shape index (κ3) is 62.4. The Morgan fingerprint density at radius 1 is 0.750 bits per heavy atom. The van der Waals surface area contributed by atoms with Gasteiger partial charge in [0, 0.05) is 0 Å². The van der Waals surface area contributed by atoms with Gasteiger partial charge in [-0.1, -0.05) is 0 Å². The van der Waals surface area contributed by atoms with Gasteiger partial charge in [0.25, 0.3) is 0 Å². The number of nitrogens with zero attached hydrogens (tertiary/aromatic N) is 2. The SMILES string of the molecule is N=C=O.N=C=O.O=C=NCCCCN=C=O. The Balaban J connectivity index is -0.000000235. The highest BCUT2D eigenvalue weighted by atomic mass is 16.1. The number of hydrogen-bond donors (Lipinski definition) is 2. The summed E-state index contributed by atoms with van der Waals surface area (Å²) < 4.78 is 0. The van der Waals surface area contributed by atoms with E-state index in [1.807, 2.05) is 0 Å². The van der Waals surface area contributed by atoms with E-state index in [9.17, 15) is 9.59 Å². The normalized spacial score (nSPS) is 5.75. The zero-order chi connectivity index (χ0) is 13.1. The van der Waals surface area contributed by atoms with Crippen molar-refractivity contribution in [3.05, 3.63) is 0 Å². The summed E-state index contributed by atoms with van der Waals surface area (Å²) in [6.07, 6.45) is 5.88. The van der Waals surface area contributed by atoms with E-state index in [-0.39, 0.29) is 0 Å². The number of carbonyl (C=O) groups excluding carboxylic acids is 4. The summed E-state index contributed by atoms with van der Waals surface area (Å²) in [5, 5.41) is 10.8. The second-order valence-corrected chi connectivity index (χ2v) is 1.86. The highest BCUT2D eigenvalue weighted by molar-refractivity contribution is 5.33. The lowest BCUT2D eigenvalue weighted by molar-refractivity contribution is 0.559. The van der Waals surface area contributed by atoms with Crippen molar-refractivity contribution < 1.29 is 19.2 Å². The smallest absolute Gasteiger partial charge is 0.222 e. The maximum Gasteiger partial charge on any atom is 0.234 e. The highest BCUT2D eigenvalue weighted by Crippen LogP contribution is 1.88. The highest BCUT2D eigenvalue weighted by Gasteiger charge is 1.83. The van der Waals surface area contributed by atoms with E-state index in [0.29, 0.717) is 13.1 Å². The van der Waals surface area contributed by atoms with Crippen molar-refractivity contribution >= 4 is 24.3 Å². The minimum atomic E-state index is 0.470. The van der Waals surface area contributed by atoms with E-state index < -0.39 is 0 Å². The van der Waals surface area contributed by atoms with Crippen LogP contribution in [0, 0.1) is 10.8 Å². The molecule has 0 aromatic rings. The van der Waals surface area contributed by atoms with Crippen LogP contribution in [0.25, 0.3) is 0 Å². The minimum absolute atomic E-state index is 0.470. The molecule has 0 aliphatic rings. The van der Waals surface area contributed by atoms with Crippen LogP contribution in [-0.4, -0.2) is 37.4 Å². The predicted molar refractivity (Wildman–Crippen MR) is 52.0 cm³/mol. The van der Waals surface area contributed by atoms with Crippen LogP contribution in [-0.2, 0) is 19.2 Å². The van der Waals surface area contributed by atoms with E-state index in [1.165, 1.54) is 12.2 Å². The topological polar surface area (TPSA) is 141 Å². The molecular weight excluding hydrogens is 216 g/mol. The Bertz CT molecular complexity index is 272. The van der Waals surface area contributed by atoms with Crippen LogP contribution in [0.1, 0.15) is 12.8 Å². The van der Waals surface area contributed by atoms with Crippen molar-refractivity contribution in [3.63, 3.8) is 0 Å². The number of unbranched alkanes of at least 4 members (excludes halogenated alkanes) is 1. The van der Waals surface area contributed by atoms with Gasteiger partial charge in [0.05, 0.1) is 13.1 Å². The van der Waals surface area contributed by atoms with Gasteiger partial charge in [-0.25, -0.2) is 40.0 Å². The third-order valence-electron chi connectivity index (χ3n) is 0.919. The quantitative estimate of drug-likeness (QED) is 0.393. The van der Waals surface area contributed by atoms with Crippen LogP contribution in [0.3, 0.4) is 0 Å². The first kappa shape index (κ1) is 19.1. The fraction of sp³-hybridized carbons (Fsp3) is 0.500. The molecule has 0 unspecified atom stereocenters. The monoisotopic (exact) mass is 226 g/mol. The maximum atomic E-state index is 9.52. The Morgan fingerprint density at radius 3 is 1.19 bits per heavy atom. The summed E-state index contributed by atoms with van der Waals surface area (Å²) >= 11 is 0. The van der Waals surface area contributed by atoms with Gasteiger partial charge < -0.3 is 0 Å². The molecule has 0 saturated carbocycles. The van der Waals surface area contributed by atoms with Crippen molar-refractivity contribution in [2.75, 3.05) is 13.1 Å². The molecule has 8 heteroatoms. The lowest BCUT2D eigenvalue weighted by Crippen LogP contribution is -1.84. The first-order valence-electron chi connectivity index (χ1n) is 3.90. The lowest BCUT2D eigenvalue weighted by atomic mass is 10.3. The molecular formula is C8H10N4O4. The molecule has 0 amide bonds. The average Bonchev–Trinajstić information content (AvgIpc) is 2.26. The molecule has 16 heavy (non-hydrogen) atoms. The molecule has 8 nitrogen and oxygen atoms in total. The van der Waals surface area contributed by atoms with Crippen LogP contribution >= 0.6 is 0 Å². The Kier molecular flexibility index (Phi) is 35.2. The first-order valence-corrected chi connectivity index (χ1v) is 3.90. The molecule has 0 saturated heterocycles. The molecule has 0 spiro atoms. The first-order chi connectivity index (χ1) is 7.74. The number of aliphatic imine (C=N–C) groups is 2. The lowest BCUT2D eigenvalue weighted by Gasteiger charge is -1.87. The molecule has 86 valence electrons. The summed E-state index contributed by atoms with van der Waals surface area (Å²) in [5.41, 5.74) is 0. The van der Waals surface area contributed by atoms with Gasteiger partial charge in [-0.2, -0.15) is 0 Å². The molecule has 0 fully saturated rings. The zero-order valence-electron chi connectivity index (χ0n) is 8.36. The second kappa shape index (κ2) is 29.4. The number of hydrogen-bond acceptors (Lipinski definition) is 8. The van der Waals surface area contributed by atoms with Gasteiger partial charge in [0.1, 0.15) is 0 Å². The van der Waals surface area contributed by atoms with E-state index in [1.54, 1.807) is 0 Å². The standard InChI is InChI=1S/C6H8N2O2.2CHNO/c9-5-7-3-1-2-4-8-6-10;2*2-1-3/h1-4H2;2*2H. The third-order valence-corrected chi connectivity index (χ3v) is 0.919. The van der Waals surface area contributed by atoms with Crippen molar-refractivity contribution in [2.45, 2.75) is 12.8 Å². The van der Waals surface area contributed by atoms with Crippen molar-refractivity contribution in [1.29, 1.82) is 10.8 Å². The van der Waals surface area contributed by atoms with Gasteiger partial charge in [0.2, 0.25) is 24.3 Å². The number of isocyanates is 4. The van der Waals surface area contributed by atoms with Crippen LogP contribution in [0.4, 0.5) is 0 Å². The number of nitrogens with one attached hydrogen (secondary N) is 2. The fourth-order valence-corrected chi connectivity index (χ4v) is 0.473. The van der Waals surface area contributed by atoms with E-state index in [4.69, 9.17) is 20.4 Å². The van der Waals surface area contributed by atoms with Gasteiger partial charge >= 0.3 is 0 Å². The summed E-state index contributed by atoms with van der Waals surface area (Å²) in [6, 6.07) is 0. The predicted octanol–water partition coefficient (Wildman–Crippen LogP) is 0.240. The maximum absolute atomic E-state index is 9.52. The molecule has 0 aromatic heterocycles. The molecule has 0 aromatic carbocycles. The summed E-state index contributed by atoms with van der Waals surface area (Å²) in [7, 11) is 0. The Hall–Kier alpha value is -2.48. The van der Waals surface area contributed by atoms with E-state index >= 15 is 0 Å². The second-order valence-electron chi connectivity index (χ2n) is 1.86. The summed E-state index contributed by atoms with van der Waals surface area (Å²) in [5.74, 6) is 0. The molecule has 0 aliphatic heterocycles. The molecule has 0 rings (SSSR count). The van der Waals surface area contributed by atoms with Gasteiger partial charge in [0.15, 0.2) is 0 Å². The van der Waals surface area contributed by atoms with Crippen molar-refractivity contribution in [3.8, 4) is 0 Å². The zero-order valence-corrected chi connectivity index (χ0v) is 8.36. The number of rotatable bonds is 5. The minimum Gasteiger partial charge on any atom is -0.222 e. The molecule has 2 N–H and O–H groups in total. The summed E-state index contributed by atoms with van der Waals surface area (Å²) in [6.45, 7) is 0.940.